The zero-order chi connectivity index (χ0) is 20.4. The van der Waals surface area contributed by atoms with Gasteiger partial charge < -0.3 is 4.90 Å². The van der Waals surface area contributed by atoms with Crippen LogP contribution in [0.2, 0.25) is 0 Å². The number of rotatable bonds is 4. The van der Waals surface area contributed by atoms with Gasteiger partial charge in [0.2, 0.25) is 5.91 Å². The summed E-state index contributed by atoms with van der Waals surface area (Å²) in [6.07, 6.45) is -2.40. The van der Waals surface area contributed by atoms with Crippen molar-refractivity contribution in [3.05, 3.63) is 59.4 Å². The van der Waals surface area contributed by atoms with E-state index in [1.54, 1.807) is 0 Å². The zero-order valence-electron chi connectivity index (χ0n) is 16.0. The van der Waals surface area contributed by atoms with Crippen molar-refractivity contribution in [2.45, 2.75) is 19.1 Å². The van der Waals surface area contributed by atoms with Crippen molar-refractivity contribution in [1.82, 2.24) is 14.8 Å². The number of anilines is 1. The molecule has 154 valence electrons. The zero-order valence-corrected chi connectivity index (χ0v) is 16.0. The minimum absolute atomic E-state index is 0.0787. The first-order valence-electron chi connectivity index (χ1n) is 9.76. The normalized spacial score (nSPS) is 18.1. The molecule has 1 aromatic heterocycles. The van der Waals surface area contributed by atoms with Gasteiger partial charge in [0, 0.05) is 51.2 Å². The highest BCUT2D eigenvalue weighted by Gasteiger charge is 2.35. The number of benzene rings is 1. The largest absolute Gasteiger partial charge is 0.433 e. The predicted octanol–water partition coefficient (Wildman–Crippen LogP) is 2.81. The summed E-state index contributed by atoms with van der Waals surface area (Å²) in [5.41, 5.74) is 1.57. The summed E-state index contributed by atoms with van der Waals surface area (Å²) in [6, 6.07) is 11.0. The van der Waals surface area contributed by atoms with Gasteiger partial charge in [-0.2, -0.15) is 13.2 Å². The Kier molecular flexibility index (Phi) is 5.56. The summed E-state index contributed by atoms with van der Waals surface area (Å²) in [4.78, 5) is 22.2. The molecule has 0 atom stereocenters. The maximum Gasteiger partial charge on any atom is 0.433 e. The van der Waals surface area contributed by atoms with E-state index in [9.17, 15) is 18.0 Å². The number of pyridine rings is 1. The Morgan fingerprint density at radius 1 is 0.966 bits per heavy atom. The second kappa shape index (κ2) is 8.12. The van der Waals surface area contributed by atoms with Crippen LogP contribution in [-0.4, -0.2) is 60.0 Å². The molecule has 0 bridgehead atoms. The lowest BCUT2D eigenvalue weighted by atomic mass is 10.1. The molecule has 0 saturated carbocycles. The Labute approximate surface area is 167 Å². The molecule has 4 rings (SSSR count). The highest BCUT2D eigenvalue weighted by molar-refractivity contribution is 5.96. The van der Waals surface area contributed by atoms with E-state index in [4.69, 9.17) is 0 Å². The van der Waals surface area contributed by atoms with Crippen molar-refractivity contribution in [2.24, 2.45) is 0 Å². The van der Waals surface area contributed by atoms with E-state index in [0.29, 0.717) is 39.3 Å². The van der Waals surface area contributed by atoms with Crippen LogP contribution in [0.15, 0.2) is 42.6 Å². The number of amides is 1. The molecule has 1 aromatic carbocycles. The number of piperazine rings is 1. The van der Waals surface area contributed by atoms with Crippen LogP contribution in [0.5, 0.6) is 0 Å². The summed E-state index contributed by atoms with van der Waals surface area (Å²) in [5.74, 6) is 0.0787. The predicted molar refractivity (Wildman–Crippen MR) is 103 cm³/mol. The monoisotopic (exact) mass is 404 g/mol. The smallest absolute Gasteiger partial charge is 0.311 e. The lowest BCUT2D eigenvalue weighted by molar-refractivity contribution is -0.142. The molecule has 29 heavy (non-hydrogen) atoms. The Morgan fingerprint density at radius 3 is 2.45 bits per heavy atom. The van der Waals surface area contributed by atoms with Crippen molar-refractivity contribution < 1.29 is 18.0 Å². The molecular weight excluding hydrogens is 381 g/mol. The Morgan fingerprint density at radius 2 is 1.69 bits per heavy atom. The molecule has 1 saturated heterocycles. The Bertz CT molecular complexity index is 878. The average molecular weight is 404 g/mol. The molecule has 5 nitrogen and oxygen atoms in total. The number of para-hydroxylation sites is 1. The Balaban J connectivity index is 1.31. The first-order chi connectivity index (χ1) is 13.9. The van der Waals surface area contributed by atoms with Crippen LogP contribution < -0.4 is 4.90 Å². The number of aromatic nitrogens is 1. The molecule has 0 N–H and O–H groups in total. The van der Waals surface area contributed by atoms with E-state index in [-0.39, 0.29) is 18.0 Å². The van der Waals surface area contributed by atoms with Crippen LogP contribution >= 0.6 is 0 Å². The summed E-state index contributed by atoms with van der Waals surface area (Å²) < 4.78 is 39.4. The average Bonchev–Trinajstić information content (AvgIpc) is 3.13. The molecule has 0 unspecified atom stereocenters. The number of halogens is 3. The molecule has 1 amide bonds. The molecule has 0 radical (unpaired) electrons. The second-order valence-electron chi connectivity index (χ2n) is 7.49. The van der Waals surface area contributed by atoms with Gasteiger partial charge >= 0.3 is 6.18 Å². The van der Waals surface area contributed by atoms with E-state index < -0.39 is 11.9 Å². The van der Waals surface area contributed by atoms with Gasteiger partial charge in [0.05, 0.1) is 6.54 Å². The molecule has 0 spiro atoms. The molecule has 0 aliphatic carbocycles. The molecular formula is C21H23F3N4O. The summed E-state index contributed by atoms with van der Waals surface area (Å²) in [5, 5.41) is 0. The lowest BCUT2D eigenvalue weighted by Gasteiger charge is -2.35. The van der Waals surface area contributed by atoms with E-state index in [0.717, 1.165) is 12.1 Å². The number of alkyl halides is 3. The highest BCUT2D eigenvalue weighted by Crippen LogP contribution is 2.31. The van der Waals surface area contributed by atoms with Crippen LogP contribution in [0.3, 0.4) is 0 Å². The Hall–Kier alpha value is -2.45. The number of carbonyl (C=O) groups is 1. The van der Waals surface area contributed by atoms with Crippen LogP contribution in [0.1, 0.15) is 16.8 Å². The third-order valence-electron chi connectivity index (χ3n) is 5.57. The quantitative estimate of drug-likeness (QED) is 0.786. The van der Waals surface area contributed by atoms with Gasteiger partial charge in [-0.15, -0.1) is 0 Å². The van der Waals surface area contributed by atoms with Gasteiger partial charge in [-0.25, -0.2) is 0 Å². The van der Waals surface area contributed by atoms with Crippen LogP contribution in [0, 0.1) is 0 Å². The molecule has 2 aliphatic heterocycles. The van der Waals surface area contributed by atoms with Gasteiger partial charge in [-0.1, -0.05) is 24.3 Å². The fraction of sp³-hybridized carbons (Fsp3) is 0.429. The van der Waals surface area contributed by atoms with Crippen molar-refractivity contribution in [3.63, 3.8) is 0 Å². The molecule has 1 fully saturated rings. The highest BCUT2D eigenvalue weighted by atomic mass is 19.4. The van der Waals surface area contributed by atoms with E-state index in [1.807, 2.05) is 28.0 Å². The number of fused-ring (bicyclic) bond motifs is 1. The fourth-order valence-corrected chi connectivity index (χ4v) is 4.04. The minimum Gasteiger partial charge on any atom is -0.311 e. The van der Waals surface area contributed by atoms with Crippen LogP contribution in [0.25, 0.3) is 0 Å². The molecule has 3 heterocycles. The van der Waals surface area contributed by atoms with E-state index in [1.165, 1.54) is 23.9 Å². The minimum atomic E-state index is -4.45. The van der Waals surface area contributed by atoms with E-state index in [2.05, 4.69) is 16.0 Å². The van der Waals surface area contributed by atoms with E-state index >= 15 is 0 Å². The van der Waals surface area contributed by atoms with Crippen molar-refractivity contribution in [2.75, 3.05) is 44.2 Å². The summed E-state index contributed by atoms with van der Waals surface area (Å²) in [6.45, 7) is 3.81. The summed E-state index contributed by atoms with van der Waals surface area (Å²) >= 11 is 0. The first-order valence-corrected chi connectivity index (χ1v) is 9.76. The van der Waals surface area contributed by atoms with Crippen LogP contribution in [-0.2, 0) is 23.9 Å². The molecule has 2 aromatic rings. The molecule has 8 heteroatoms. The van der Waals surface area contributed by atoms with Gasteiger partial charge in [0.1, 0.15) is 5.69 Å². The van der Waals surface area contributed by atoms with Gasteiger partial charge in [-0.3, -0.25) is 19.6 Å². The van der Waals surface area contributed by atoms with Crippen LogP contribution in [0.4, 0.5) is 18.9 Å². The summed E-state index contributed by atoms with van der Waals surface area (Å²) in [7, 11) is 0. The third kappa shape index (κ3) is 4.43. The van der Waals surface area contributed by atoms with Gasteiger partial charge in [0.25, 0.3) is 0 Å². The van der Waals surface area contributed by atoms with Crippen molar-refractivity contribution in [3.8, 4) is 0 Å². The fourth-order valence-electron chi connectivity index (χ4n) is 4.04. The third-order valence-corrected chi connectivity index (χ3v) is 5.57. The lowest BCUT2D eigenvalue weighted by Crippen LogP contribution is -2.49. The number of nitrogens with zero attached hydrogens (tertiary/aromatic N) is 4. The number of carbonyl (C=O) groups excluding carboxylic acids is 1. The number of hydrogen-bond donors (Lipinski definition) is 0. The van der Waals surface area contributed by atoms with Crippen molar-refractivity contribution >= 4 is 11.6 Å². The van der Waals surface area contributed by atoms with Crippen molar-refractivity contribution in [1.29, 1.82) is 0 Å². The topological polar surface area (TPSA) is 39.7 Å². The first kappa shape index (κ1) is 19.8. The molecule has 2 aliphatic rings. The van der Waals surface area contributed by atoms with Gasteiger partial charge in [0.15, 0.2) is 0 Å². The number of hydrogen-bond acceptors (Lipinski definition) is 4. The standard InChI is InChI=1S/C21H23F3N4O/c22-21(23,24)20-17(5-3-8-25-20)14-26-10-12-27(13-11-26)15-19(29)28-9-7-16-4-1-2-6-18(16)28/h1-6,8H,7,9-15H2. The van der Waals surface area contributed by atoms with Gasteiger partial charge in [-0.05, 0) is 29.7 Å². The SMILES string of the molecule is O=C(CN1CCN(Cc2cccnc2C(F)(F)F)CC1)N1CCc2ccccc21. The second-order valence-corrected chi connectivity index (χ2v) is 7.49. The maximum absolute atomic E-state index is 13.1. The maximum atomic E-state index is 13.1.